The van der Waals surface area contributed by atoms with Crippen LogP contribution >= 0.6 is 0 Å². The van der Waals surface area contributed by atoms with Crippen molar-refractivity contribution in [2.75, 3.05) is 0 Å². The Morgan fingerprint density at radius 2 is 2.26 bits per heavy atom. The highest BCUT2D eigenvalue weighted by molar-refractivity contribution is 5.70. The molecule has 3 unspecified atom stereocenters. The lowest BCUT2D eigenvalue weighted by Crippen LogP contribution is -2.31. The molecule has 0 bridgehead atoms. The average Bonchev–Trinajstić information content (AvgIpc) is 2.70. The van der Waals surface area contributed by atoms with E-state index in [0.29, 0.717) is 5.92 Å². The zero-order valence-corrected chi connectivity index (χ0v) is 12.1. The Balaban J connectivity index is 2.13. The second kappa shape index (κ2) is 5.76. The SMILES string of the molecule is CCc1cc(CC2CC(C)CCC2C(=O)O)n(C)n1. The van der Waals surface area contributed by atoms with Gasteiger partial charge < -0.3 is 5.11 Å². The molecular weight excluding hydrogens is 240 g/mol. The van der Waals surface area contributed by atoms with Crippen LogP contribution in [0.15, 0.2) is 6.07 Å². The van der Waals surface area contributed by atoms with Gasteiger partial charge in [-0.25, -0.2) is 0 Å². The molecule has 1 heterocycles. The number of carboxylic acid groups (broad SMARTS) is 1. The van der Waals surface area contributed by atoms with Crippen molar-refractivity contribution in [2.24, 2.45) is 24.8 Å². The molecule has 1 fully saturated rings. The minimum absolute atomic E-state index is 0.184. The molecule has 1 aliphatic carbocycles. The van der Waals surface area contributed by atoms with Gasteiger partial charge in [-0.15, -0.1) is 0 Å². The molecule has 2 rings (SSSR count). The Labute approximate surface area is 114 Å². The summed E-state index contributed by atoms with van der Waals surface area (Å²) in [7, 11) is 1.95. The van der Waals surface area contributed by atoms with Crippen LogP contribution in [0.1, 0.15) is 44.5 Å². The third-order valence-electron chi connectivity index (χ3n) is 4.42. The van der Waals surface area contributed by atoms with E-state index < -0.39 is 5.97 Å². The minimum atomic E-state index is -0.630. The third kappa shape index (κ3) is 3.17. The molecule has 0 spiro atoms. The maximum atomic E-state index is 11.4. The van der Waals surface area contributed by atoms with E-state index in [1.54, 1.807) is 0 Å². The van der Waals surface area contributed by atoms with Gasteiger partial charge in [-0.2, -0.15) is 5.10 Å². The molecular formula is C15H24N2O2. The van der Waals surface area contributed by atoms with E-state index in [9.17, 15) is 9.90 Å². The topological polar surface area (TPSA) is 55.1 Å². The van der Waals surface area contributed by atoms with Gasteiger partial charge in [-0.1, -0.05) is 13.8 Å². The standard InChI is InChI=1S/C15H24N2O2/c1-4-12-9-13(17(3)16-12)8-11-7-10(2)5-6-14(11)15(18)19/h9-11,14H,4-8H2,1-3H3,(H,18,19). The molecule has 0 radical (unpaired) electrons. The Hall–Kier alpha value is -1.32. The largest absolute Gasteiger partial charge is 0.481 e. The lowest BCUT2D eigenvalue weighted by atomic mass is 9.73. The molecule has 1 saturated carbocycles. The summed E-state index contributed by atoms with van der Waals surface area (Å²) < 4.78 is 1.91. The third-order valence-corrected chi connectivity index (χ3v) is 4.42. The summed E-state index contributed by atoms with van der Waals surface area (Å²) in [5, 5.41) is 13.8. The number of rotatable bonds is 4. The normalized spacial score (nSPS) is 27.4. The number of aliphatic carboxylic acids is 1. The molecule has 1 aliphatic rings. The first-order chi connectivity index (χ1) is 9.01. The first-order valence-corrected chi connectivity index (χ1v) is 7.25. The smallest absolute Gasteiger partial charge is 0.306 e. The number of hydrogen-bond acceptors (Lipinski definition) is 2. The number of hydrogen-bond donors (Lipinski definition) is 1. The summed E-state index contributed by atoms with van der Waals surface area (Å²) in [6, 6.07) is 2.12. The van der Waals surface area contributed by atoms with Crippen molar-refractivity contribution in [3.05, 3.63) is 17.5 Å². The molecule has 0 aromatic carbocycles. The van der Waals surface area contributed by atoms with Gasteiger partial charge in [-0.3, -0.25) is 9.48 Å². The van der Waals surface area contributed by atoms with Crippen LogP contribution in [-0.2, 0) is 24.7 Å². The summed E-state index contributed by atoms with van der Waals surface area (Å²) in [6.45, 7) is 4.32. The number of aryl methyl sites for hydroxylation is 2. The molecule has 3 atom stereocenters. The van der Waals surface area contributed by atoms with Crippen molar-refractivity contribution in [2.45, 2.75) is 46.0 Å². The van der Waals surface area contributed by atoms with Crippen LogP contribution in [0.2, 0.25) is 0 Å². The quantitative estimate of drug-likeness (QED) is 0.909. The molecule has 1 aromatic heterocycles. The van der Waals surface area contributed by atoms with Crippen molar-refractivity contribution in [3.8, 4) is 0 Å². The highest BCUT2D eigenvalue weighted by atomic mass is 16.4. The molecule has 0 aliphatic heterocycles. The fourth-order valence-electron chi connectivity index (χ4n) is 3.25. The van der Waals surface area contributed by atoms with Crippen LogP contribution in [0.5, 0.6) is 0 Å². The monoisotopic (exact) mass is 264 g/mol. The Morgan fingerprint density at radius 1 is 1.53 bits per heavy atom. The lowest BCUT2D eigenvalue weighted by molar-refractivity contribution is -0.145. The van der Waals surface area contributed by atoms with Gasteiger partial charge in [0.05, 0.1) is 11.6 Å². The van der Waals surface area contributed by atoms with E-state index in [1.807, 2.05) is 11.7 Å². The van der Waals surface area contributed by atoms with Crippen LogP contribution in [0.3, 0.4) is 0 Å². The summed E-state index contributed by atoms with van der Waals surface area (Å²) >= 11 is 0. The number of aromatic nitrogens is 2. The Bertz CT molecular complexity index is 453. The number of nitrogens with zero attached hydrogens (tertiary/aromatic N) is 2. The van der Waals surface area contributed by atoms with Crippen LogP contribution < -0.4 is 0 Å². The molecule has 0 amide bonds. The molecule has 106 valence electrons. The van der Waals surface area contributed by atoms with E-state index in [2.05, 4.69) is 25.0 Å². The predicted octanol–water partition coefficient (Wildman–Crippen LogP) is 2.66. The minimum Gasteiger partial charge on any atom is -0.481 e. The molecule has 4 nitrogen and oxygen atoms in total. The van der Waals surface area contributed by atoms with Gasteiger partial charge in [0.15, 0.2) is 0 Å². The Kier molecular flexibility index (Phi) is 4.27. The number of carboxylic acids is 1. The first-order valence-electron chi connectivity index (χ1n) is 7.25. The summed E-state index contributed by atoms with van der Waals surface area (Å²) in [6.07, 6.45) is 4.64. The second-order valence-electron chi connectivity index (χ2n) is 5.93. The van der Waals surface area contributed by atoms with Gasteiger partial charge in [0.2, 0.25) is 0 Å². The number of carbonyl (C=O) groups is 1. The molecule has 19 heavy (non-hydrogen) atoms. The van der Waals surface area contributed by atoms with Crippen molar-refractivity contribution < 1.29 is 9.90 Å². The molecule has 4 heteroatoms. The van der Waals surface area contributed by atoms with Crippen LogP contribution in [0.25, 0.3) is 0 Å². The first kappa shape index (κ1) is 14.1. The highest BCUT2D eigenvalue weighted by Gasteiger charge is 2.34. The van der Waals surface area contributed by atoms with Crippen molar-refractivity contribution >= 4 is 5.97 Å². The highest BCUT2D eigenvalue weighted by Crippen LogP contribution is 2.36. The van der Waals surface area contributed by atoms with Crippen LogP contribution in [0, 0.1) is 17.8 Å². The van der Waals surface area contributed by atoms with Gasteiger partial charge in [0.25, 0.3) is 0 Å². The van der Waals surface area contributed by atoms with E-state index >= 15 is 0 Å². The molecule has 1 N–H and O–H groups in total. The maximum absolute atomic E-state index is 11.4. The molecule has 1 aromatic rings. The maximum Gasteiger partial charge on any atom is 0.306 e. The van der Waals surface area contributed by atoms with E-state index in [-0.39, 0.29) is 11.8 Å². The van der Waals surface area contributed by atoms with Gasteiger partial charge >= 0.3 is 5.97 Å². The zero-order chi connectivity index (χ0) is 14.0. The van der Waals surface area contributed by atoms with Crippen LogP contribution in [0.4, 0.5) is 0 Å². The average molecular weight is 264 g/mol. The predicted molar refractivity (Wildman–Crippen MR) is 73.9 cm³/mol. The van der Waals surface area contributed by atoms with Gasteiger partial charge in [-0.05, 0) is 50.0 Å². The van der Waals surface area contributed by atoms with E-state index in [0.717, 1.165) is 37.8 Å². The summed E-state index contributed by atoms with van der Waals surface area (Å²) in [4.78, 5) is 11.4. The van der Waals surface area contributed by atoms with Gasteiger partial charge in [0, 0.05) is 12.7 Å². The lowest BCUT2D eigenvalue weighted by Gasteiger charge is -2.32. The summed E-state index contributed by atoms with van der Waals surface area (Å²) in [5.74, 6) is 0.0757. The molecule has 0 saturated heterocycles. The van der Waals surface area contributed by atoms with E-state index in [4.69, 9.17) is 0 Å². The fraction of sp³-hybridized carbons (Fsp3) is 0.733. The van der Waals surface area contributed by atoms with Crippen molar-refractivity contribution in [1.29, 1.82) is 0 Å². The van der Waals surface area contributed by atoms with Crippen molar-refractivity contribution in [1.82, 2.24) is 9.78 Å². The fourth-order valence-corrected chi connectivity index (χ4v) is 3.25. The zero-order valence-electron chi connectivity index (χ0n) is 12.1. The summed E-state index contributed by atoms with van der Waals surface area (Å²) in [5.41, 5.74) is 2.26. The van der Waals surface area contributed by atoms with E-state index in [1.165, 1.54) is 5.69 Å². The van der Waals surface area contributed by atoms with Crippen molar-refractivity contribution in [3.63, 3.8) is 0 Å². The second-order valence-corrected chi connectivity index (χ2v) is 5.93. The van der Waals surface area contributed by atoms with Crippen LogP contribution in [-0.4, -0.2) is 20.9 Å². The van der Waals surface area contributed by atoms with Gasteiger partial charge in [0.1, 0.15) is 0 Å². The Morgan fingerprint density at radius 3 is 2.84 bits per heavy atom.